The molecule has 9 heteroatoms. The number of nitrogens with zero attached hydrogens (tertiary/aromatic N) is 5. The van der Waals surface area contributed by atoms with E-state index in [4.69, 9.17) is 17.2 Å². The third-order valence-corrected chi connectivity index (χ3v) is 6.20. The molecular weight excluding hydrogens is 384 g/mol. The maximum atomic E-state index is 6.38. The van der Waals surface area contributed by atoms with Crippen molar-refractivity contribution in [3.05, 3.63) is 29.6 Å². The molecule has 0 spiro atoms. The first-order chi connectivity index (χ1) is 14.1. The lowest BCUT2D eigenvalue weighted by Gasteiger charge is -2.29. The van der Waals surface area contributed by atoms with Crippen molar-refractivity contribution in [2.75, 3.05) is 26.2 Å². The van der Waals surface area contributed by atoms with E-state index in [0.29, 0.717) is 17.1 Å². The number of rotatable bonds is 5. The van der Waals surface area contributed by atoms with Crippen LogP contribution in [0, 0.1) is 0 Å². The molecule has 4 rings (SSSR count). The number of nitrogens with two attached hydrogens (primary N) is 3. The van der Waals surface area contributed by atoms with Gasteiger partial charge < -0.3 is 27.0 Å². The molecule has 2 fully saturated rings. The van der Waals surface area contributed by atoms with Gasteiger partial charge in [-0.15, -0.1) is 11.3 Å². The summed E-state index contributed by atoms with van der Waals surface area (Å²) in [6.45, 7) is 4.50. The molecule has 2 aromatic rings. The molecule has 0 unspecified atom stereocenters. The highest BCUT2D eigenvalue weighted by Crippen LogP contribution is 2.28. The number of benzene rings is 1. The van der Waals surface area contributed by atoms with Crippen molar-refractivity contribution in [2.24, 2.45) is 27.2 Å². The number of thiazole rings is 1. The maximum Gasteiger partial charge on any atom is 0.212 e. The van der Waals surface area contributed by atoms with Crippen molar-refractivity contribution >= 4 is 34.1 Å². The van der Waals surface area contributed by atoms with Gasteiger partial charge in [-0.05, 0) is 50.9 Å². The van der Waals surface area contributed by atoms with Crippen molar-refractivity contribution in [3.8, 4) is 11.3 Å². The second kappa shape index (κ2) is 8.79. The second-order valence-electron chi connectivity index (χ2n) is 7.57. The Balaban J connectivity index is 1.43. The molecule has 0 amide bonds. The summed E-state index contributed by atoms with van der Waals surface area (Å²) >= 11 is 1.40. The van der Waals surface area contributed by atoms with Gasteiger partial charge in [0.25, 0.3) is 0 Å². The zero-order chi connectivity index (χ0) is 20.2. The molecule has 3 heterocycles. The topological polar surface area (TPSA) is 122 Å². The summed E-state index contributed by atoms with van der Waals surface area (Å²) in [6, 6.07) is 8.39. The van der Waals surface area contributed by atoms with Crippen LogP contribution in [0.25, 0.3) is 11.3 Å². The van der Waals surface area contributed by atoms with Gasteiger partial charge in [-0.25, -0.2) is 9.98 Å². The second-order valence-corrected chi connectivity index (χ2v) is 8.40. The maximum absolute atomic E-state index is 6.38. The van der Waals surface area contributed by atoms with Crippen LogP contribution in [0.15, 0.2) is 39.6 Å². The molecule has 1 atom stereocenters. The van der Waals surface area contributed by atoms with E-state index in [9.17, 15) is 0 Å². The highest BCUT2D eigenvalue weighted by Gasteiger charge is 2.28. The van der Waals surface area contributed by atoms with E-state index in [1.165, 1.54) is 50.1 Å². The summed E-state index contributed by atoms with van der Waals surface area (Å²) in [5.74, 6) is 0.624. The lowest BCUT2D eigenvalue weighted by atomic mass is 10.1. The summed E-state index contributed by atoms with van der Waals surface area (Å²) in [5, 5.41) is 2.48. The third-order valence-electron chi connectivity index (χ3n) is 5.46. The molecule has 0 bridgehead atoms. The molecule has 2 saturated heterocycles. The van der Waals surface area contributed by atoms with Crippen LogP contribution in [0.3, 0.4) is 0 Å². The van der Waals surface area contributed by atoms with Crippen LogP contribution in [-0.4, -0.2) is 58.9 Å². The Kier molecular flexibility index (Phi) is 5.96. The van der Waals surface area contributed by atoms with Crippen LogP contribution in [0.5, 0.6) is 0 Å². The molecule has 2 aliphatic rings. The smallest absolute Gasteiger partial charge is 0.212 e. The molecule has 0 saturated carbocycles. The normalized spacial score (nSPS) is 20.3. The fraction of sp³-hybridized carbons (Fsp3) is 0.450. The van der Waals surface area contributed by atoms with E-state index in [-0.39, 0.29) is 5.96 Å². The quantitative estimate of drug-likeness (QED) is 0.511. The minimum atomic E-state index is 0.0102. The van der Waals surface area contributed by atoms with Crippen LogP contribution in [-0.2, 0) is 0 Å². The Morgan fingerprint density at radius 3 is 2.52 bits per heavy atom. The summed E-state index contributed by atoms with van der Waals surface area (Å²) < 4.78 is 0. The minimum Gasteiger partial charge on any atom is -0.370 e. The zero-order valence-electron chi connectivity index (χ0n) is 16.5. The Hall–Kier alpha value is -2.65. The average molecular weight is 413 g/mol. The van der Waals surface area contributed by atoms with Gasteiger partial charge in [0.15, 0.2) is 11.9 Å². The van der Waals surface area contributed by atoms with Crippen LogP contribution >= 0.6 is 11.3 Å². The molecule has 1 aromatic heterocycles. The summed E-state index contributed by atoms with van der Waals surface area (Å²) in [6.07, 6.45) is 4.99. The van der Waals surface area contributed by atoms with E-state index in [2.05, 4.69) is 24.8 Å². The molecule has 0 aliphatic carbocycles. The van der Waals surface area contributed by atoms with E-state index < -0.39 is 0 Å². The fourth-order valence-electron chi connectivity index (χ4n) is 4.05. The van der Waals surface area contributed by atoms with Gasteiger partial charge in [-0.3, -0.25) is 0 Å². The minimum absolute atomic E-state index is 0.0102. The Morgan fingerprint density at radius 2 is 1.79 bits per heavy atom. The van der Waals surface area contributed by atoms with Crippen LogP contribution in [0.2, 0.25) is 0 Å². The average Bonchev–Trinajstić information content (AvgIpc) is 3.44. The van der Waals surface area contributed by atoms with Gasteiger partial charge >= 0.3 is 0 Å². The summed E-state index contributed by atoms with van der Waals surface area (Å²) in [7, 11) is 0. The third kappa shape index (κ3) is 4.86. The first-order valence-electron chi connectivity index (χ1n) is 10.1. The zero-order valence-corrected chi connectivity index (χ0v) is 17.3. The molecule has 154 valence electrons. The SMILES string of the molecule is NC(N)=Nc1nc(-c2ccc(N=C(N)N3CCC[C@H]3CN3CCCC3)cc2)cs1. The Bertz CT molecular complexity index is 878. The lowest BCUT2D eigenvalue weighted by Crippen LogP contribution is -2.45. The molecular formula is C20H28N8S. The molecule has 0 radical (unpaired) electrons. The van der Waals surface area contributed by atoms with Gasteiger partial charge in [-0.2, -0.15) is 4.99 Å². The van der Waals surface area contributed by atoms with Crippen molar-refractivity contribution < 1.29 is 0 Å². The Labute approximate surface area is 175 Å². The van der Waals surface area contributed by atoms with Gasteiger partial charge in [0, 0.05) is 30.1 Å². The largest absolute Gasteiger partial charge is 0.370 e. The van der Waals surface area contributed by atoms with Crippen molar-refractivity contribution in [1.82, 2.24) is 14.8 Å². The number of guanidine groups is 2. The number of hydrogen-bond donors (Lipinski definition) is 3. The van der Waals surface area contributed by atoms with Gasteiger partial charge in [0.2, 0.25) is 5.13 Å². The number of hydrogen-bond acceptors (Lipinski definition) is 5. The molecule has 29 heavy (non-hydrogen) atoms. The Morgan fingerprint density at radius 1 is 1.03 bits per heavy atom. The van der Waals surface area contributed by atoms with E-state index in [0.717, 1.165) is 30.0 Å². The molecule has 1 aromatic carbocycles. The highest BCUT2D eigenvalue weighted by atomic mass is 32.1. The highest BCUT2D eigenvalue weighted by molar-refractivity contribution is 7.13. The predicted molar refractivity (Wildman–Crippen MR) is 120 cm³/mol. The van der Waals surface area contributed by atoms with Gasteiger partial charge in [-0.1, -0.05) is 12.1 Å². The fourth-order valence-corrected chi connectivity index (χ4v) is 4.77. The number of aliphatic imine (C=N–C) groups is 2. The van der Waals surface area contributed by atoms with Crippen molar-refractivity contribution in [2.45, 2.75) is 31.7 Å². The van der Waals surface area contributed by atoms with Gasteiger partial charge in [0.05, 0.1) is 11.4 Å². The molecule has 6 N–H and O–H groups in total. The first-order valence-corrected chi connectivity index (χ1v) is 11.0. The van der Waals surface area contributed by atoms with Crippen LogP contribution in [0.4, 0.5) is 10.8 Å². The molecule has 2 aliphatic heterocycles. The summed E-state index contributed by atoms with van der Waals surface area (Å²) in [5.41, 5.74) is 19.9. The van der Waals surface area contributed by atoms with Gasteiger partial charge in [0.1, 0.15) is 0 Å². The first kappa shape index (κ1) is 19.7. The van der Waals surface area contributed by atoms with E-state index in [1.807, 2.05) is 29.6 Å². The standard InChI is InChI=1S/C20H28N8S/c21-18(22)26-20-25-17(13-29-20)14-5-7-15(8-6-14)24-19(23)28-11-3-4-16(28)12-27-9-1-2-10-27/h5-8,13,16H,1-4,9-12H2,(H2,23,24)(H4,21,22,25,26)/t16-/m0/s1. The molecule has 8 nitrogen and oxygen atoms in total. The van der Waals surface area contributed by atoms with E-state index >= 15 is 0 Å². The van der Waals surface area contributed by atoms with E-state index in [1.54, 1.807) is 0 Å². The van der Waals surface area contributed by atoms with Crippen LogP contribution < -0.4 is 17.2 Å². The number of aromatic nitrogens is 1. The lowest BCUT2D eigenvalue weighted by molar-refractivity contribution is 0.251. The van der Waals surface area contributed by atoms with Crippen molar-refractivity contribution in [1.29, 1.82) is 0 Å². The monoisotopic (exact) mass is 412 g/mol. The number of likely N-dealkylation sites (tertiary alicyclic amines) is 2. The van der Waals surface area contributed by atoms with Crippen LogP contribution in [0.1, 0.15) is 25.7 Å². The van der Waals surface area contributed by atoms with Crippen molar-refractivity contribution in [3.63, 3.8) is 0 Å². The predicted octanol–water partition coefficient (Wildman–Crippen LogP) is 2.22. The summed E-state index contributed by atoms with van der Waals surface area (Å²) in [4.78, 5) is 17.9.